The molecule has 1 aliphatic heterocycles. The lowest BCUT2D eigenvalue weighted by atomic mass is 10.1. The number of nitrogens with zero attached hydrogens (tertiary/aromatic N) is 1. The van der Waals surface area contributed by atoms with Crippen LogP contribution in [0, 0.1) is 0 Å². The van der Waals surface area contributed by atoms with Crippen molar-refractivity contribution in [2.45, 2.75) is 51.2 Å². The van der Waals surface area contributed by atoms with Crippen molar-refractivity contribution in [3.8, 4) is 0 Å². The monoisotopic (exact) mass is 403 g/mol. The predicted molar refractivity (Wildman–Crippen MR) is 112 cm³/mol. The van der Waals surface area contributed by atoms with Crippen LogP contribution in [-0.2, 0) is 16.0 Å². The topological polar surface area (TPSA) is 41.9 Å². The van der Waals surface area contributed by atoms with E-state index in [1.807, 2.05) is 42.5 Å². The molecule has 1 aliphatic rings. The van der Waals surface area contributed by atoms with Crippen LogP contribution in [0.1, 0.15) is 43.4 Å². The van der Waals surface area contributed by atoms with Crippen molar-refractivity contribution in [1.29, 1.82) is 0 Å². The first-order valence-electron chi connectivity index (χ1n) is 10.1. The van der Waals surface area contributed by atoms with E-state index in [0.29, 0.717) is 18.2 Å². The number of benzene rings is 2. The number of hydrogen-bond acceptors (Lipinski definition) is 4. The molecule has 2 aromatic rings. The zero-order chi connectivity index (χ0) is 19.8. The summed E-state index contributed by atoms with van der Waals surface area (Å²) in [6.45, 7) is 4.77. The number of aliphatic hydroxyl groups is 1. The summed E-state index contributed by atoms with van der Waals surface area (Å²) in [5.41, 5.74) is 2.08. The molecule has 1 fully saturated rings. The number of ether oxygens (including phenoxy) is 2. The molecule has 0 bridgehead atoms. The predicted octanol–water partition coefficient (Wildman–Crippen LogP) is 4.81. The first kappa shape index (κ1) is 21.3. The van der Waals surface area contributed by atoms with E-state index in [1.165, 1.54) is 5.56 Å². The largest absolute Gasteiger partial charge is 0.387 e. The molecule has 5 heteroatoms. The molecule has 3 rings (SSSR count). The van der Waals surface area contributed by atoms with Gasteiger partial charge in [0.25, 0.3) is 0 Å². The van der Waals surface area contributed by atoms with Gasteiger partial charge >= 0.3 is 0 Å². The molecular formula is C23H30ClNO3. The summed E-state index contributed by atoms with van der Waals surface area (Å²) in [6, 6.07) is 17.9. The van der Waals surface area contributed by atoms with Crippen molar-refractivity contribution in [1.82, 2.24) is 4.90 Å². The Labute approximate surface area is 173 Å². The number of hydrogen-bond donors (Lipinski definition) is 1. The fourth-order valence-electron chi connectivity index (χ4n) is 3.43. The standard InChI is InChI=1S/C23H30ClNO3/c1-18(17-28-23-9-5-6-14-27-23)25(15-19-7-3-2-4-8-19)16-22(26)20-10-12-21(24)13-11-20/h2-4,7-8,10-13,18,22-23,26H,5-6,9,14-17H2,1H3. The summed E-state index contributed by atoms with van der Waals surface area (Å²) in [5.74, 6) is 0. The highest BCUT2D eigenvalue weighted by molar-refractivity contribution is 6.30. The Bertz CT molecular complexity index is 689. The Morgan fingerprint density at radius 1 is 1.14 bits per heavy atom. The van der Waals surface area contributed by atoms with Crippen molar-refractivity contribution in [2.75, 3.05) is 19.8 Å². The van der Waals surface area contributed by atoms with Crippen molar-refractivity contribution in [3.05, 3.63) is 70.7 Å². The number of aliphatic hydroxyl groups excluding tert-OH is 1. The molecule has 3 unspecified atom stereocenters. The Hall–Kier alpha value is -1.43. The maximum atomic E-state index is 10.8. The van der Waals surface area contributed by atoms with Crippen molar-refractivity contribution in [3.63, 3.8) is 0 Å². The Kier molecular flexibility index (Phi) is 8.31. The highest BCUT2D eigenvalue weighted by atomic mass is 35.5. The molecule has 0 amide bonds. The molecule has 3 atom stereocenters. The van der Waals surface area contributed by atoms with Crippen LogP contribution in [0.2, 0.25) is 5.02 Å². The summed E-state index contributed by atoms with van der Waals surface area (Å²) >= 11 is 5.97. The van der Waals surface area contributed by atoms with E-state index >= 15 is 0 Å². The molecule has 0 aliphatic carbocycles. The van der Waals surface area contributed by atoms with Crippen LogP contribution in [-0.4, -0.2) is 42.1 Å². The fraction of sp³-hybridized carbons (Fsp3) is 0.478. The molecular weight excluding hydrogens is 374 g/mol. The second kappa shape index (κ2) is 10.9. The maximum absolute atomic E-state index is 10.8. The summed E-state index contributed by atoms with van der Waals surface area (Å²) in [7, 11) is 0. The summed E-state index contributed by atoms with van der Waals surface area (Å²) in [6.07, 6.45) is 2.54. The lowest BCUT2D eigenvalue weighted by molar-refractivity contribution is -0.170. The van der Waals surface area contributed by atoms with Gasteiger partial charge in [0, 0.05) is 30.8 Å². The van der Waals surface area contributed by atoms with Crippen LogP contribution < -0.4 is 0 Å². The van der Waals surface area contributed by atoms with E-state index in [0.717, 1.165) is 38.0 Å². The Morgan fingerprint density at radius 3 is 2.57 bits per heavy atom. The van der Waals surface area contributed by atoms with E-state index in [9.17, 15) is 5.11 Å². The van der Waals surface area contributed by atoms with Gasteiger partial charge in [-0.3, -0.25) is 4.90 Å². The highest BCUT2D eigenvalue weighted by Gasteiger charge is 2.22. The average molecular weight is 404 g/mol. The minimum absolute atomic E-state index is 0.101. The molecule has 0 radical (unpaired) electrons. The maximum Gasteiger partial charge on any atom is 0.157 e. The van der Waals surface area contributed by atoms with Crippen LogP contribution >= 0.6 is 11.6 Å². The third kappa shape index (κ3) is 6.57. The van der Waals surface area contributed by atoms with E-state index in [2.05, 4.69) is 24.0 Å². The summed E-state index contributed by atoms with van der Waals surface area (Å²) < 4.78 is 11.7. The fourth-order valence-corrected chi connectivity index (χ4v) is 3.55. The third-order valence-electron chi connectivity index (χ3n) is 5.18. The van der Waals surface area contributed by atoms with Gasteiger partial charge in [0.05, 0.1) is 12.7 Å². The van der Waals surface area contributed by atoms with Gasteiger partial charge in [-0.2, -0.15) is 0 Å². The molecule has 1 heterocycles. The Morgan fingerprint density at radius 2 is 1.89 bits per heavy atom. The number of halogens is 1. The van der Waals surface area contributed by atoms with Crippen molar-refractivity contribution in [2.24, 2.45) is 0 Å². The van der Waals surface area contributed by atoms with Crippen LogP contribution in [0.3, 0.4) is 0 Å². The lowest BCUT2D eigenvalue weighted by Crippen LogP contribution is -2.40. The summed E-state index contributed by atoms with van der Waals surface area (Å²) in [5, 5.41) is 11.4. The van der Waals surface area contributed by atoms with E-state index < -0.39 is 6.10 Å². The van der Waals surface area contributed by atoms with Crippen LogP contribution in [0.15, 0.2) is 54.6 Å². The average Bonchev–Trinajstić information content (AvgIpc) is 2.73. The molecule has 28 heavy (non-hydrogen) atoms. The lowest BCUT2D eigenvalue weighted by Gasteiger charge is -2.32. The van der Waals surface area contributed by atoms with E-state index in [-0.39, 0.29) is 12.3 Å². The van der Waals surface area contributed by atoms with Gasteiger partial charge in [0.2, 0.25) is 0 Å². The number of rotatable bonds is 9. The van der Waals surface area contributed by atoms with Crippen LogP contribution in [0.5, 0.6) is 0 Å². The van der Waals surface area contributed by atoms with Gasteiger partial charge in [0.15, 0.2) is 6.29 Å². The molecule has 0 saturated carbocycles. The minimum Gasteiger partial charge on any atom is -0.387 e. The molecule has 1 saturated heterocycles. The van der Waals surface area contributed by atoms with Gasteiger partial charge < -0.3 is 14.6 Å². The minimum atomic E-state index is -0.589. The quantitative estimate of drug-likeness (QED) is 0.652. The smallest absolute Gasteiger partial charge is 0.157 e. The third-order valence-corrected chi connectivity index (χ3v) is 5.43. The molecule has 1 N–H and O–H groups in total. The Balaban J connectivity index is 1.63. The van der Waals surface area contributed by atoms with Crippen molar-refractivity contribution < 1.29 is 14.6 Å². The SMILES string of the molecule is CC(COC1CCCCO1)N(Cc1ccccc1)CC(O)c1ccc(Cl)cc1. The highest BCUT2D eigenvalue weighted by Crippen LogP contribution is 2.21. The zero-order valence-corrected chi connectivity index (χ0v) is 17.2. The van der Waals surface area contributed by atoms with Crippen molar-refractivity contribution >= 4 is 11.6 Å². The molecule has 0 spiro atoms. The second-order valence-electron chi connectivity index (χ2n) is 7.46. The van der Waals surface area contributed by atoms with E-state index in [4.69, 9.17) is 21.1 Å². The van der Waals surface area contributed by atoms with Gasteiger partial charge in [-0.05, 0) is 49.4 Å². The van der Waals surface area contributed by atoms with Gasteiger partial charge in [-0.15, -0.1) is 0 Å². The molecule has 0 aromatic heterocycles. The van der Waals surface area contributed by atoms with Gasteiger partial charge in [0.1, 0.15) is 0 Å². The molecule has 4 nitrogen and oxygen atoms in total. The first-order chi connectivity index (χ1) is 13.6. The summed E-state index contributed by atoms with van der Waals surface area (Å²) in [4.78, 5) is 2.26. The molecule has 2 aromatic carbocycles. The molecule has 152 valence electrons. The van der Waals surface area contributed by atoms with Gasteiger partial charge in [-0.1, -0.05) is 54.1 Å². The van der Waals surface area contributed by atoms with Gasteiger partial charge in [-0.25, -0.2) is 0 Å². The second-order valence-corrected chi connectivity index (χ2v) is 7.90. The first-order valence-corrected chi connectivity index (χ1v) is 10.4. The zero-order valence-electron chi connectivity index (χ0n) is 16.5. The van der Waals surface area contributed by atoms with Crippen LogP contribution in [0.25, 0.3) is 0 Å². The normalized spacial score (nSPS) is 19.5. The van der Waals surface area contributed by atoms with E-state index in [1.54, 1.807) is 0 Å². The van der Waals surface area contributed by atoms with Crippen LogP contribution in [0.4, 0.5) is 0 Å².